The van der Waals surface area contributed by atoms with Crippen molar-refractivity contribution in [3.63, 3.8) is 0 Å². The zero-order valence-corrected chi connectivity index (χ0v) is 33.1. The van der Waals surface area contributed by atoms with Crippen LogP contribution in [0.2, 0.25) is 0 Å². The van der Waals surface area contributed by atoms with Crippen molar-refractivity contribution in [1.82, 2.24) is 19.5 Å². The van der Waals surface area contributed by atoms with Crippen LogP contribution in [-0.2, 0) is 0 Å². The second-order valence-corrected chi connectivity index (χ2v) is 16.3. The molecule has 3 aromatic heterocycles. The Morgan fingerprint density at radius 3 is 1.42 bits per heavy atom. The van der Waals surface area contributed by atoms with E-state index in [0.29, 0.717) is 17.5 Å². The molecule has 0 fully saturated rings. The third-order valence-electron chi connectivity index (χ3n) is 11.7. The van der Waals surface area contributed by atoms with E-state index in [2.05, 4.69) is 150 Å². The summed E-state index contributed by atoms with van der Waals surface area (Å²) in [7, 11) is 0. The van der Waals surface area contributed by atoms with Gasteiger partial charge in [0.25, 0.3) is 0 Å². The van der Waals surface area contributed by atoms with Gasteiger partial charge in [0.1, 0.15) is 0 Å². The number of rotatable bonds is 6. The van der Waals surface area contributed by atoms with E-state index in [1.165, 1.54) is 64.0 Å². The fourth-order valence-corrected chi connectivity index (χ4v) is 9.91. The number of hydrogen-bond donors (Lipinski definition) is 0. The highest BCUT2D eigenvalue weighted by molar-refractivity contribution is 7.25. The minimum Gasteiger partial charge on any atom is -0.309 e. The number of nitrogens with zero attached hydrogens (tertiary/aromatic N) is 4. The summed E-state index contributed by atoms with van der Waals surface area (Å²) in [4.78, 5) is 14.8. The summed E-state index contributed by atoms with van der Waals surface area (Å²) in [6, 6.07) is 73.5. The Morgan fingerprint density at radius 1 is 0.300 bits per heavy atom. The Bertz CT molecular complexity index is 3530. The van der Waals surface area contributed by atoms with Crippen LogP contribution in [0.5, 0.6) is 0 Å². The third-order valence-corrected chi connectivity index (χ3v) is 12.8. The van der Waals surface area contributed by atoms with E-state index < -0.39 is 0 Å². The van der Waals surface area contributed by atoms with Gasteiger partial charge in [-0.25, -0.2) is 15.0 Å². The van der Waals surface area contributed by atoms with Crippen molar-refractivity contribution in [2.24, 2.45) is 0 Å². The van der Waals surface area contributed by atoms with Crippen LogP contribution in [-0.4, -0.2) is 19.5 Å². The van der Waals surface area contributed by atoms with Crippen molar-refractivity contribution < 1.29 is 0 Å². The van der Waals surface area contributed by atoms with Crippen LogP contribution in [0, 0.1) is 0 Å². The number of hydrogen-bond acceptors (Lipinski definition) is 4. The molecule has 0 radical (unpaired) electrons. The molecule has 0 aliphatic heterocycles. The van der Waals surface area contributed by atoms with Gasteiger partial charge in [-0.05, 0) is 93.7 Å². The summed E-state index contributed by atoms with van der Waals surface area (Å²) in [6.45, 7) is 0. The van der Waals surface area contributed by atoms with Gasteiger partial charge in [0.05, 0.1) is 11.0 Å². The molecule has 12 aromatic rings. The van der Waals surface area contributed by atoms with E-state index in [-0.39, 0.29) is 0 Å². The topological polar surface area (TPSA) is 43.6 Å². The van der Waals surface area contributed by atoms with Gasteiger partial charge in [0.15, 0.2) is 17.5 Å². The second-order valence-electron chi connectivity index (χ2n) is 15.2. The number of thiophene rings is 1. The minimum atomic E-state index is 0.639. The molecule has 0 atom stereocenters. The van der Waals surface area contributed by atoms with Gasteiger partial charge in [0.2, 0.25) is 0 Å². The highest BCUT2D eigenvalue weighted by Crippen LogP contribution is 2.41. The number of benzene rings is 9. The highest BCUT2D eigenvalue weighted by Gasteiger charge is 2.17. The first-order chi connectivity index (χ1) is 29.7. The van der Waals surface area contributed by atoms with Crippen LogP contribution in [0.25, 0.3) is 115 Å². The molecule has 0 spiro atoms. The smallest absolute Gasteiger partial charge is 0.164 e. The van der Waals surface area contributed by atoms with Crippen molar-refractivity contribution in [2.75, 3.05) is 0 Å². The van der Waals surface area contributed by atoms with E-state index in [4.69, 9.17) is 15.0 Å². The van der Waals surface area contributed by atoms with Crippen LogP contribution in [0.3, 0.4) is 0 Å². The predicted octanol–water partition coefficient (Wildman–Crippen LogP) is 14.8. The van der Waals surface area contributed by atoms with Crippen LogP contribution >= 0.6 is 11.3 Å². The van der Waals surface area contributed by atoms with Gasteiger partial charge in [-0.3, -0.25) is 0 Å². The molecule has 280 valence electrons. The summed E-state index contributed by atoms with van der Waals surface area (Å²) in [5.74, 6) is 1.94. The maximum atomic E-state index is 4.97. The largest absolute Gasteiger partial charge is 0.309 e. The Morgan fingerprint density at radius 2 is 0.767 bits per heavy atom. The second kappa shape index (κ2) is 14.0. The molecule has 0 N–H and O–H groups in total. The molecule has 5 heteroatoms. The lowest BCUT2D eigenvalue weighted by atomic mass is 9.92. The molecule has 12 rings (SSSR count). The van der Waals surface area contributed by atoms with E-state index in [1.807, 2.05) is 72.0 Å². The van der Waals surface area contributed by atoms with E-state index in [1.54, 1.807) is 0 Å². The first-order valence-electron chi connectivity index (χ1n) is 20.2. The lowest BCUT2D eigenvalue weighted by Gasteiger charge is -2.13. The first kappa shape index (κ1) is 34.3. The van der Waals surface area contributed by atoms with Crippen molar-refractivity contribution in [3.05, 3.63) is 206 Å². The first-order valence-corrected chi connectivity index (χ1v) is 21.0. The van der Waals surface area contributed by atoms with E-state index in [9.17, 15) is 0 Å². The van der Waals surface area contributed by atoms with Crippen molar-refractivity contribution in [1.29, 1.82) is 0 Å². The summed E-state index contributed by atoms with van der Waals surface area (Å²) in [5, 5.41) is 7.56. The fourth-order valence-electron chi connectivity index (χ4n) is 8.82. The van der Waals surface area contributed by atoms with E-state index >= 15 is 0 Å². The Hall–Kier alpha value is -7.73. The van der Waals surface area contributed by atoms with Gasteiger partial charge >= 0.3 is 0 Å². The van der Waals surface area contributed by atoms with Gasteiger partial charge in [-0.1, -0.05) is 146 Å². The summed E-state index contributed by atoms with van der Waals surface area (Å²) < 4.78 is 5.01. The summed E-state index contributed by atoms with van der Waals surface area (Å²) in [6.07, 6.45) is 0. The average Bonchev–Trinajstić information content (AvgIpc) is 3.87. The molecular formula is C55H34N4S. The predicted molar refractivity (Wildman–Crippen MR) is 252 cm³/mol. The van der Waals surface area contributed by atoms with Crippen LogP contribution in [0.4, 0.5) is 0 Å². The van der Waals surface area contributed by atoms with Crippen molar-refractivity contribution in [3.8, 4) is 62.1 Å². The SMILES string of the molecule is c1ccc(-c2nc(-c3ccccc3)nc(-c3ccc(-n4c5ccccc5c5cc(-c6cccc7c(-c8ccc9sc%10ccccc%10c9c8)cccc67)ccc54)cc3)n2)cc1. The molecule has 4 nitrogen and oxygen atoms in total. The van der Waals surface area contributed by atoms with Crippen LogP contribution < -0.4 is 0 Å². The maximum absolute atomic E-state index is 4.97. The highest BCUT2D eigenvalue weighted by atomic mass is 32.1. The lowest BCUT2D eigenvalue weighted by molar-refractivity contribution is 1.07. The molecule has 3 heterocycles. The van der Waals surface area contributed by atoms with Gasteiger partial charge in [-0.2, -0.15) is 0 Å². The maximum Gasteiger partial charge on any atom is 0.164 e. The average molecular weight is 783 g/mol. The zero-order valence-electron chi connectivity index (χ0n) is 32.3. The fraction of sp³-hybridized carbons (Fsp3) is 0. The van der Waals surface area contributed by atoms with Gasteiger partial charge in [-0.15, -0.1) is 11.3 Å². The van der Waals surface area contributed by atoms with Gasteiger partial charge < -0.3 is 4.57 Å². The Kier molecular flexibility index (Phi) is 8.00. The normalized spacial score (nSPS) is 11.7. The summed E-state index contributed by atoms with van der Waals surface area (Å²) in [5.41, 5.74) is 11.1. The third kappa shape index (κ3) is 5.70. The molecule has 0 saturated carbocycles. The molecule has 0 bridgehead atoms. The monoisotopic (exact) mass is 782 g/mol. The molecule has 0 unspecified atom stereocenters. The van der Waals surface area contributed by atoms with Gasteiger partial charge in [0, 0.05) is 53.3 Å². The summed E-state index contributed by atoms with van der Waals surface area (Å²) >= 11 is 1.86. The van der Waals surface area contributed by atoms with Crippen LogP contribution in [0.15, 0.2) is 206 Å². The minimum absolute atomic E-state index is 0.639. The molecule has 60 heavy (non-hydrogen) atoms. The lowest BCUT2D eigenvalue weighted by Crippen LogP contribution is -2.00. The zero-order chi connectivity index (χ0) is 39.6. The molecule has 9 aromatic carbocycles. The molecule has 0 amide bonds. The Labute approximate surface area is 350 Å². The molecule has 0 saturated heterocycles. The van der Waals surface area contributed by atoms with Crippen LogP contribution in [0.1, 0.15) is 0 Å². The Balaban J connectivity index is 0.947. The molecule has 0 aliphatic carbocycles. The number of aromatic nitrogens is 4. The standard InChI is InChI=1S/C55H34N4S/c1-3-13-35(14-4-1)53-56-54(36-15-5-2-6-16-36)58-55(57-53)37-25-29-40(30-26-37)59-49-23-9-7-17-45(49)47-33-38(27-31-50(47)59)41-19-11-22-44-42(20-12-21-43(41)44)39-28-32-52-48(34-39)46-18-8-10-24-51(46)60-52/h1-34H. The van der Waals surface area contributed by atoms with E-state index in [0.717, 1.165) is 33.4 Å². The number of para-hydroxylation sites is 1. The quantitative estimate of drug-likeness (QED) is 0.169. The molecule has 0 aliphatic rings. The van der Waals surface area contributed by atoms with Crippen molar-refractivity contribution in [2.45, 2.75) is 0 Å². The van der Waals surface area contributed by atoms with Crippen molar-refractivity contribution >= 4 is 64.1 Å². The number of fused-ring (bicyclic) bond motifs is 7. The molecular weight excluding hydrogens is 749 g/mol.